The average molecular weight is 357 g/mol. The van der Waals surface area contributed by atoms with E-state index >= 15 is 0 Å². The minimum atomic E-state index is 0.895. The molecule has 0 fully saturated rings. The highest BCUT2D eigenvalue weighted by atomic mass is 79.9. The Morgan fingerprint density at radius 2 is 1.57 bits per heavy atom. The SMILES string of the molecule is Brc1ccc(-c2ccc(SCc3ccccc3)nn2)cc1. The zero-order valence-electron chi connectivity index (χ0n) is 11.2. The van der Waals surface area contributed by atoms with Crippen LogP contribution in [0, 0.1) is 0 Å². The van der Waals surface area contributed by atoms with Crippen molar-refractivity contribution in [1.29, 1.82) is 0 Å². The Balaban J connectivity index is 1.68. The highest BCUT2D eigenvalue weighted by Crippen LogP contribution is 2.23. The second-order valence-corrected chi connectivity index (χ2v) is 6.45. The number of benzene rings is 2. The molecule has 0 saturated heterocycles. The van der Waals surface area contributed by atoms with Crippen LogP contribution in [-0.4, -0.2) is 10.2 Å². The molecule has 3 rings (SSSR count). The lowest BCUT2D eigenvalue weighted by atomic mass is 10.1. The zero-order chi connectivity index (χ0) is 14.5. The molecular weight excluding hydrogens is 344 g/mol. The van der Waals surface area contributed by atoms with E-state index in [0.29, 0.717) is 0 Å². The molecule has 0 amide bonds. The lowest BCUT2D eigenvalue weighted by Gasteiger charge is -2.03. The number of halogens is 1. The van der Waals surface area contributed by atoms with E-state index in [0.717, 1.165) is 26.5 Å². The molecule has 1 heterocycles. The Labute approximate surface area is 136 Å². The maximum atomic E-state index is 4.30. The van der Waals surface area contributed by atoms with E-state index in [4.69, 9.17) is 0 Å². The van der Waals surface area contributed by atoms with Crippen LogP contribution in [0.2, 0.25) is 0 Å². The predicted molar refractivity (Wildman–Crippen MR) is 91.2 cm³/mol. The first-order valence-corrected chi connectivity index (χ1v) is 8.35. The summed E-state index contributed by atoms with van der Waals surface area (Å²) in [6, 6.07) is 22.5. The lowest BCUT2D eigenvalue weighted by molar-refractivity contribution is 0.935. The van der Waals surface area contributed by atoms with Crippen molar-refractivity contribution < 1.29 is 0 Å². The van der Waals surface area contributed by atoms with Gasteiger partial charge in [-0.2, -0.15) is 0 Å². The van der Waals surface area contributed by atoms with Crippen LogP contribution in [-0.2, 0) is 5.75 Å². The molecule has 3 aromatic rings. The fourth-order valence-corrected chi connectivity index (χ4v) is 2.94. The highest BCUT2D eigenvalue weighted by molar-refractivity contribution is 9.10. The van der Waals surface area contributed by atoms with Crippen LogP contribution in [0.3, 0.4) is 0 Å². The monoisotopic (exact) mass is 356 g/mol. The first kappa shape index (κ1) is 14.3. The van der Waals surface area contributed by atoms with Gasteiger partial charge in [0, 0.05) is 15.8 Å². The molecule has 0 N–H and O–H groups in total. The number of hydrogen-bond donors (Lipinski definition) is 0. The first-order chi connectivity index (χ1) is 10.3. The molecule has 0 bridgehead atoms. The fraction of sp³-hybridized carbons (Fsp3) is 0.0588. The molecule has 0 atom stereocenters. The van der Waals surface area contributed by atoms with Crippen molar-refractivity contribution in [2.24, 2.45) is 0 Å². The molecule has 21 heavy (non-hydrogen) atoms. The number of hydrogen-bond acceptors (Lipinski definition) is 3. The molecule has 0 aliphatic rings. The smallest absolute Gasteiger partial charge is 0.119 e. The summed E-state index contributed by atoms with van der Waals surface area (Å²) < 4.78 is 1.06. The third-order valence-corrected chi connectivity index (χ3v) is 4.53. The highest BCUT2D eigenvalue weighted by Gasteiger charge is 2.02. The Bertz CT molecular complexity index is 697. The van der Waals surface area contributed by atoms with E-state index in [1.807, 2.05) is 42.5 Å². The minimum Gasteiger partial charge on any atom is -0.149 e. The summed E-state index contributed by atoms with van der Waals surface area (Å²) in [4.78, 5) is 0. The third-order valence-electron chi connectivity index (χ3n) is 3.01. The van der Waals surface area contributed by atoms with Gasteiger partial charge in [0.05, 0.1) is 5.69 Å². The first-order valence-electron chi connectivity index (χ1n) is 6.58. The van der Waals surface area contributed by atoms with Crippen molar-refractivity contribution in [3.05, 3.63) is 76.8 Å². The summed E-state index contributed by atoms with van der Waals surface area (Å²) in [5.41, 5.74) is 3.26. The van der Waals surface area contributed by atoms with Crippen LogP contribution < -0.4 is 0 Å². The molecule has 1 aromatic heterocycles. The Kier molecular flexibility index (Phi) is 4.68. The molecule has 0 spiro atoms. The average Bonchev–Trinajstić information content (AvgIpc) is 2.55. The van der Waals surface area contributed by atoms with Crippen molar-refractivity contribution in [3.8, 4) is 11.3 Å². The predicted octanol–water partition coefficient (Wildman–Crippen LogP) is 5.20. The number of rotatable bonds is 4. The van der Waals surface area contributed by atoms with E-state index < -0.39 is 0 Å². The van der Waals surface area contributed by atoms with Crippen molar-refractivity contribution >= 4 is 27.7 Å². The van der Waals surface area contributed by atoms with Crippen LogP contribution in [0.4, 0.5) is 0 Å². The van der Waals surface area contributed by atoms with E-state index in [1.165, 1.54) is 5.56 Å². The Morgan fingerprint density at radius 1 is 0.810 bits per heavy atom. The number of thioether (sulfide) groups is 1. The minimum absolute atomic E-state index is 0.895. The number of nitrogens with zero attached hydrogens (tertiary/aromatic N) is 2. The van der Waals surface area contributed by atoms with Gasteiger partial charge in [0.15, 0.2) is 0 Å². The largest absolute Gasteiger partial charge is 0.149 e. The topological polar surface area (TPSA) is 25.8 Å². The molecule has 2 nitrogen and oxygen atoms in total. The van der Waals surface area contributed by atoms with Gasteiger partial charge in [-0.25, -0.2) is 0 Å². The molecule has 4 heteroatoms. The summed E-state index contributed by atoms with van der Waals surface area (Å²) in [6.45, 7) is 0. The maximum Gasteiger partial charge on any atom is 0.119 e. The summed E-state index contributed by atoms with van der Waals surface area (Å²) in [5.74, 6) is 0.910. The summed E-state index contributed by atoms with van der Waals surface area (Å²) in [7, 11) is 0. The van der Waals surface area contributed by atoms with Gasteiger partial charge in [-0.15, -0.1) is 10.2 Å². The molecule has 2 aromatic carbocycles. The van der Waals surface area contributed by atoms with Crippen LogP contribution in [0.15, 0.2) is 76.2 Å². The van der Waals surface area contributed by atoms with Gasteiger partial charge >= 0.3 is 0 Å². The Hall–Kier alpha value is -1.65. The van der Waals surface area contributed by atoms with E-state index in [9.17, 15) is 0 Å². The quantitative estimate of drug-likeness (QED) is 0.601. The molecule has 0 unspecified atom stereocenters. The summed E-state index contributed by atoms with van der Waals surface area (Å²) >= 11 is 5.13. The van der Waals surface area contributed by atoms with Crippen LogP contribution >= 0.6 is 27.7 Å². The van der Waals surface area contributed by atoms with Crippen molar-refractivity contribution in [1.82, 2.24) is 10.2 Å². The van der Waals surface area contributed by atoms with Gasteiger partial charge in [-0.3, -0.25) is 0 Å². The molecule has 0 saturated carbocycles. The van der Waals surface area contributed by atoms with Crippen LogP contribution in [0.5, 0.6) is 0 Å². The van der Waals surface area contributed by atoms with Gasteiger partial charge in [-0.05, 0) is 29.8 Å². The fourth-order valence-electron chi connectivity index (χ4n) is 1.90. The zero-order valence-corrected chi connectivity index (χ0v) is 13.6. The third kappa shape index (κ3) is 3.93. The Morgan fingerprint density at radius 3 is 2.24 bits per heavy atom. The lowest BCUT2D eigenvalue weighted by Crippen LogP contribution is -1.90. The molecule has 104 valence electrons. The second-order valence-electron chi connectivity index (χ2n) is 4.54. The van der Waals surface area contributed by atoms with Crippen LogP contribution in [0.1, 0.15) is 5.56 Å². The van der Waals surface area contributed by atoms with Crippen molar-refractivity contribution in [3.63, 3.8) is 0 Å². The van der Waals surface area contributed by atoms with Gasteiger partial charge in [0.1, 0.15) is 5.03 Å². The van der Waals surface area contributed by atoms with Crippen molar-refractivity contribution in [2.45, 2.75) is 10.8 Å². The molecule has 0 aliphatic heterocycles. The van der Waals surface area contributed by atoms with Gasteiger partial charge in [0.25, 0.3) is 0 Å². The van der Waals surface area contributed by atoms with Crippen LogP contribution in [0.25, 0.3) is 11.3 Å². The van der Waals surface area contributed by atoms with Gasteiger partial charge in [-0.1, -0.05) is 70.2 Å². The maximum absolute atomic E-state index is 4.30. The van der Waals surface area contributed by atoms with Gasteiger partial charge in [0.2, 0.25) is 0 Å². The van der Waals surface area contributed by atoms with Gasteiger partial charge < -0.3 is 0 Å². The molecule has 0 radical (unpaired) electrons. The number of aromatic nitrogens is 2. The van der Waals surface area contributed by atoms with E-state index in [1.54, 1.807) is 11.8 Å². The summed E-state index contributed by atoms with van der Waals surface area (Å²) in [6.07, 6.45) is 0. The molecular formula is C17H13BrN2S. The normalized spacial score (nSPS) is 10.5. The van der Waals surface area contributed by atoms with Crippen molar-refractivity contribution in [2.75, 3.05) is 0 Å². The standard InChI is InChI=1S/C17H13BrN2S/c18-15-8-6-14(7-9-15)16-10-11-17(20-19-16)21-12-13-4-2-1-3-5-13/h1-11H,12H2. The van der Waals surface area contributed by atoms with E-state index in [-0.39, 0.29) is 0 Å². The summed E-state index contributed by atoms with van der Waals surface area (Å²) in [5, 5.41) is 9.54. The van der Waals surface area contributed by atoms with E-state index in [2.05, 4.69) is 50.4 Å². The second kappa shape index (κ2) is 6.87. The molecule has 0 aliphatic carbocycles.